The van der Waals surface area contributed by atoms with Crippen LogP contribution in [-0.2, 0) is 16.1 Å². The molecule has 0 spiro atoms. The highest BCUT2D eigenvalue weighted by Gasteiger charge is 2.19. The van der Waals surface area contributed by atoms with Gasteiger partial charge in [-0.05, 0) is 29.8 Å². The fraction of sp³-hybridized carbons (Fsp3) is 0.316. The quantitative estimate of drug-likeness (QED) is 0.674. The van der Waals surface area contributed by atoms with E-state index in [9.17, 15) is 9.59 Å². The van der Waals surface area contributed by atoms with Gasteiger partial charge in [-0.15, -0.1) is 0 Å². The maximum Gasteiger partial charge on any atom is 0.307 e. The zero-order chi connectivity index (χ0) is 18.9. The monoisotopic (exact) mass is 358 g/mol. The molecule has 0 saturated heterocycles. The van der Waals surface area contributed by atoms with E-state index in [-0.39, 0.29) is 24.8 Å². The first kappa shape index (κ1) is 19.2. The van der Waals surface area contributed by atoms with Crippen molar-refractivity contribution in [2.45, 2.75) is 13.0 Å². The first-order valence-electron chi connectivity index (χ1n) is 8.06. The zero-order valence-electron chi connectivity index (χ0n) is 15.1. The number of benzene rings is 1. The molecule has 7 heteroatoms. The molecular weight excluding hydrogens is 336 g/mol. The van der Waals surface area contributed by atoms with Gasteiger partial charge in [-0.3, -0.25) is 14.6 Å². The van der Waals surface area contributed by atoms with E-state index in [1.54, 1.807) is 41.6 Å². The van der Waals surface area contributed by atoms with Crippen LogP contribution in [0.15, 0.2) is 42.7 Å². The van der Waals surface area contributed by atoms with Crippen molar-refractivity contribution in [1.29, 1.82) is 0 Å². The molecule has 0 radical (unpaired) electrons. The van der Waals surface area contributed by atoms with Crippen molar-refractivity contribution >= 4 is 11.9 Å². The van der Waals surface area contributed by atoms with Gasteiger partial charge in [0, 0.05) is 31.0 Å². The average molecular weight is 358 g/mol. The lowest BCUT2D eigenvalue weighted by Crippen LogP contribution is -2.32. The van der Waals surface area contributed by atoms with E-state index in [0.29, 0.717) is 23.6 Å². The van der Waals surface area contributed by atoms with Crippen molar-refractivity contribution in [3.8, 4) is 11.5 Å². The molecule has 1 aromatic carbocycles. The van der Waals surface area contributed by atoms with Crippen LogP contribution in [-0.4, -0.2) is 49.6 Å². The number of aromatic nitrogens is 1. The maximum absolute atomic E-state index is 13.0. The highest BCUT2D eigenvalue weighted by atomic mass is 16.5. The Morgan fingerprint density at radius 3 is 2.46 bits per heavy atom. The second kappa shape index (κ2) is 9.41. The number of hydrogen-bond acceptors (Lipinski definition) is 6. The van der Waals surface area contributed by atoms with E-state index in [1.807, 2.05) is 6.07 Å². The first-order valence-corrected chi connectivity index (χ1v) is 8.06. The van der Waals surface area contributed by atoms with E-state index >= 15 is 0 Å². The van der Waals surface area contributed by atoms with E-state index < -0.39 is 0 Å². The van der Waals surface area contributed by atoms with E-state index in [4.69, 9.17) is 9.47 Å². The zero-order valence-corrected chi connectivity index (χ0v) is 15.1. The van der Waals surface area contributed by atoms with Gasteiger partial charge in [0.2, 0.25) is 0 Å². The first-order chi connectivity index (χ1) is 12.6. The maximum atomic E-state index is 13.0. The molecular formula is C19H22N2O5. The van der Waals surface area contributed by atoms with Crippen molar-refractivity contribution in [3.05, 3.63) is 53.9 Å². The SMILES string of the molecule is COC(=O)CCN(Cc1cccnc1)C(=O)c1ccc(OC)c(OC)c1. The molecule has 1 aromatic heterocycles. The van der Waals surface area contributed by atoms with Crippen LogP contribution in [0, 0.1) is 0 Å². The fourth-order valence-corrected chi connectivity index (χ4v) is 2.44. The molecule has 2 rings (SSSR count). The summed E-state index contributed by atoms with van der Waals surface area (Å²) in [5.41, 5.74) is 1.31. The lowest BCUT2D eigenvalue weighted by atomic mass is 10.1. The number of amides is 1. The van der Waals surface area contributed by atoms with Crippen LogP contribution in [0.4, 0.5) is 0 Å². The Morgan fingerprint density at radius 2 is 1.85 bits per heavy atom. The second-order valence-corrected chi connectivity index (χ2v) is 5.48. The van der Waals surface area contributed by atoms with Crippen molar-refractivity contribution in [2.24, 2.45) is 0 Å². The Morgan fingerprint density at radius 1 is 1.08 bits per heavy atom. The lowest BCUT2D eigenvalue weighted by molar-refractivity contribution is -0.140. The van der Waals surface area contributed by atoms with E-state index in [1.165, 1.54) is 21.3 Å². The lowest BCUT2D eigenvalue weighted by Gasteiger charge is -2.23. The van der Waals surface area contributed by atoms with E-state index in [2.05, 4.69) is 9.72 Å². The van der Waals surface area contributed by atoms with Gasteiger partial charge in [-0.25, -0.2) is 0 Å². The molecule has 0 aliphatic carbocycles. The molecule has 26 heavy (non-hydrogen) atoms. The Hall–Kier alpha value is -3.09. The third-order valence-corrected chi connectivity index (χ3v) is 3.83. The largest absolute Gasteiger partial charge is 0.493 e. The van der Waals surface area contributed by atoms with Crippen molar-refractivity contribution in [2.75, 3.05) is 27.9 Å². The molecule has 0 N–H and O–H groups in total. The third-order valence-electron chi connectivity index (χ3n) is 3.83. The molecule has 138 valence electrons. The van der Waals surface area contributed by atoms with Gasteiger partial charge < -0.3 is 19.1 Å². The standard InChI is InChI=1S/C19H22N2O5/c1-24-16-7-6-15(11-17(16)25-2)19(23)21(10-8-18(22)26-3)13-14-5-4-9-20-12-14/h4-7,9,11-12H,8,10,13H2,1-3H3. The molecule has 0 saturated carbocycles. The molecule has 0 bridgehead atoms. The predicted octanol–water partition coefficient (Wildman–Crippen LogP) is 2.30. The summed E-state index contributed by atoms with van der Waals surface area (Å²) in [6, 6.07) is 8.64. The number of carbonyl (C=O) groups excluding carboxylic acids is 2. The van der Waals surface area contributed by atoms with Gasteiger partial charge in [0.05, 0.1) is 27.8 Å². The molecule has 0 unspecified atom stereocenters. The molecule has 0 aliphatic rings. The summed E-state index contributed by atoms with van der Waals surface area (Å²) in [5, 5.41) is 0. The van der Waals surface area contributed by atoms with Crippen LogP contribution in [0.5, 0.6) is 11.5 Å². The summed E-state index contributed by atoms with van der Waals surface area (Å²) in [5.74, 6) is 0.407. The van der Waals surface area contributed by atoms with Crippen LogP contribution in [0.2, 0.25) is 0 Å². The molecule has 0 atom stereocenters. The third kappa shape index (κ3) is 4.95. The van der Waals surface area contributed by atoms with Crippen LogP contribution in [0.3, 0.4) is 0 Å². The topological polar surface area (TPSA) is 78.0 Å². The summed E-state index contributed by atoms with van der Waals surface area (Å²) in [4.78, 5) is 30.1. The fourth-order valence-electron chi connectivity index (χ4n) is 2.44. The van der Waals surface area contributed by atoms with Gasteiger partial charge >= 0.3 is 5.97 Å². The minimum atomic E-state index is -0.374. The van der Waals surface area contributed by atoms with Crippen molar-refractivity contribution in [3.63, 3.8) is 0 Å². The number of methoxy groups -OCH3 is 3. The number of hydrogen-bond donors (Lipinski definition) is 0. The van der Waals surface area contributed by atoms with Crippen LogP contribution in [0.1, 0.15) is 22.3 Å². The van der Waals surface area contributed by atoms with Gasteiger partial charge in [-0.2, -0.15) is 0 Å². The molecule has 0 fully saturated rings. The van der Waals surface area contributed by atoms with Crippen molar-refractivity contribution in [1.82, 2.24) is 9.88 Å². The second-order valence-electron chi connectivity index (χ2n) is 5.48. The predicted molar refractivity (Wildman–Crippen MR) is 95.2 cm³/mol. The number of esters is 1. The van der Waals surface area contributed by atoms with Crippen LogP contribution in [0.25, 0.3) is 0 Å². The van der Waals surface area contributed by atoms with Crippen molar-refractivity contribution < 1.29 is 23.8 Å². The molecule has 0 aliphatic heterocycles. The Bertz CT molecular complexity index is 749. The highest BCUT2D eigenvalue weighted by Crippen LogP contribution is 2.28. The van der Waals surface area contributed by atoms with Crippen LogP contribution < -0.4 is 9.47 Å². The Kier molecular flexibility index (Phi) is 6.96. The summed E-state index contributed by atoms with van der Waals surface area (Å²) in [6.07, 6.45) is 3.46. The minimum Gasteiger partial charge on any atom is -0.493 e. The van der Waals surface area contributed by atoms with Gasteiger partial charge in [0.1, 0.15) is 0 Å². The smallest absolute Gasteiger partial charge is 0.307 e. The van der Waals surface area contributed by atoms with Gasteiger partial charge in [0.15, 0.2) is 11.5 Å². The van der Waals surface area contributed by atoms with E-state index in [0.717, 1.165) is 5.56 Å². The van der Waals surface area contributed by atoms with Gasteiger partial charge in [-0.1, -0.05) is 6.07 Å². The molecule has 1 heterocycles. The minimum absolute atomic E-state index is 0.107. The molecule has 1 amide bonds. The summed E-state index contributed by atoms with van der Waals surface area (Å²) in [6.45, 7) is 0.562. The number of nitrogens with zero attached hydrogens (tertiary/aromatic N) is 2. The van der Waals surface area contributed by atoms with Gasteiger partial charge in [0.25, 0.3) is 5.91 Å². The molecule has 7 nitrogen and oxygen atoms in total. The number of ether oxygens (including phenoxy) is 3. The number of pyridine rings is 1. The number of rotatable bonds is 8. The number of carbonyl (C=O) groups is 2. The highest BCUT2D eigenvalue weighted by molar-refractivity contribution is 5.95. The Balaban J connectivity index is 2.25. The molecule has 2 aromatic rings. The Labute approximate surface area is 152 Å². The summed E-state index contributed by atoms with van der Waals surface area (Å²) >= 11 is 0. The summed E-state index contributed by atoms with van der Waals surface area (Å²) in [7, 11) is 4.37. The average Bonchev–Trinajstić information content (AvgIpc) is 2.70. The summed E-state index contributed by atoms with van der Waals surface area (Å²) < 4.78 is 15.1. The van der Waals surface area contributed by atoms with Crippen LogP contribution >= 0.6 is 0 Å². The normalized spacial score (nSPS) is 10.1.